The summed E-state index contributed by atoms with van der Waals surface area (Å²) >= 11 is 0. The summed E-state index contributed by atoms with van der Waals surface area (Å²) in [5.74, 6) is -6.70. The molecule has 3 rings (SSSR count). The normalized spacial score (nSPS) is 18.1. The first-order chi connectivity index (χ1) is 30.7. The minimum Gasteiger partial charge on any atom is -0.595 e. The lowest BCUT2D eigenvalue weighted by Gasteiger charge is -2.30. The smallest absolute Gasteiger partial charge is 0.326 e. The second kappa shape index (κ2) is 25.6. The number of aliphatic hydroxyl groups excluding tert-OH is 1. The van der Waals surface area contributed by atoms with E-state index in [0.717, 1.165) is 53.5 Å². The number of hydrogen-bond donors (Lipinski definition) is 10. The third-order valence-corrected chi connectivity index (χ3v) is 11.9. The molecule has 0 spiro atoms. The van der Waals surface area contributed by atoms with Crippen molar-refractivity contribution >= 4 is 47.1 Å². The molecule has 20 heteroatoms. The summed E-state index contributed by atoms with van der Waals surface area (Å²) in [7, 11) is 2.61. The number of nitrogens with one attached hydrogen (secondary N) is 5. The fourth-order valence-electron chi connectivity index (χ4n) is 7.49. The van der Waals surface area contributed by atoms with E-state index < -0.39 is 108 Å². The highest BCUT2D eigenvalue weighted by Crippen LogP contribution is 2.41. The summed E-state index contributed by atoms with van der Waals surface area (Å²) in [4.78, 5) is 94.2. The number of phenols is 2. The van der Waals surface area contributed by atoms with E-state index in [2.05, 4.69) is 35.1 Å². The zero-order chi connectivity index (χ0) is 48.5. The van der Waals surface area contributed by atoms with Crippen LogP contribution in [0, 0.1) is 11.1 Å². The maximum Gasteiger partial charge on any atom is 0.326 e. The summed E-state index contributed by atoms with van der Waals surface area (Å²) in [5.41, 5.74) is -1.00. The molecular formula is C45H67N7O13. The van der Waals surface area contributed by atoms with Gasteiger partial charge in [0, 0.05) is 44.1 Å². The molecule has 65 heavy (non-hydrogen) atoms. The number of fused-ring (bicyclic) bond motifs is 5. The van der Waals surface area contributed by atoms with Gasteiger partial charge >= 0.3 is 5.97 Å². The highest BCUT2D eigenvalue weighted by Gasteiger charge is 2.34. The first-order valence-electron chi connectivity index (χ1n) is 22.2. The van der Waals surface area contributed by atoms with Crippen molar-refractivity contribution in [1.82, 2.24) is 31.1 Å². The van der Waals surface area contributed by atoms with E-state index in [9.17, 15) is 64.4 Å². The molecule has 0 saturated heterocycles. The van der Waals surface area contributed by atoms with E-state index in [4.69, 9.17) is 0 Å². The van der Waals surface area contributed by atoms with Gasteiger partial charge in [0.1, 0.15) is 36.0 Å². The van der Waals surface area contributed by atoms with Crippen LogP contribution in [0.5, 0.6) is 11.5 Å². The van der Waals surface area contributed by atoms with Crippen molar-refractivity contribution in [3.63, 3.8) is 0 Å². The molecule has 7 atom stereocenters. The van der Waals surface area contributed by atoms with Crippen molar-refractivity contribution in [1.29, 1.82) is 0 Å². The zero-order valence-corrected chi connectivity index (χ0v) is 38.1. The Hall–Kier alpha value is -5.83. The van der Waals surface area contributed by atoms with E-state index in [1.807, 2.05) is 0 Å². The lowest BCUT2D eigenvalue weighted by atomic mass is 9.93. The molecule has 6 amide bonds. The average Bonchev–Trinajstić information content (AvgIpc) is 3.26. The second-order valence-electron chi connectivity index (χ2n) is 16.9. The number of hydrogen-bond acceptors (Lipinski definition) is 12. The summed E-state index contributed by atoms with van der Waals surface area (Å²) in [6.45, 7) is 5.66. The van der Waals surface area contributed by atoms with Crippen molar-refractivity contribution in [3.05, 3.63) is 46.7 Å². The van der Waals surface area contributed by atoms with Crippen molar-refractivity contribution in [2.75, 3.05) is 27.2 Å². The van der Waals surface area contributed by atoms with Crippen LogP contribution in [0.15, 0.2) is 30.3 Å². The molecule has 0 radical (unpaired) electrons. The topological polar surface area (TPSA) is 303 Å². The Morgan fingerprint density at radius 1 is 0.877 bits per heavy atom. The number of quaternary nitrogens is 1. The fraction of sp³-hybridized carbons (Fsp3) is 0.578. The van der Waals surface area contributed by atoms with E-state index in [0.29, 0.717) is 6.42 Å². The Kier molecular flexibility index (Phi) is 21.1. The van der Waals surface area contributed by atoms with Gasteiger partial charge in [0.2, 0.25) is 41.1 Å². The Balaban J connectivity index is 1.70. The number of amides is 6. The van der Waals surface area contributed by atoms with Gasteiger partial charge in [-0.25, -0.2) is 10.0 Å². The van der Waals surface area contributed by atoms with Crippen LogP contribution in [-0.4, -0.2) is 128 Å². The molecule has 20 nitrogen and oxygen atoms in total. The number of unbranched alkanes of at least 4 members (excludes halogenated alkanes) is 7. The van der Waals surface area contributed by atoms with Crippen LogP contribution >= 0.6 is 0 Å². The standard InChI is InChI=1S/C45H67N7O13/c1-7-26(2)16-14-12-10-8-9-11-13-15-17-37(55)50(5)35(25-53)43(60)47-27(3)41(58)46-24-38(56)51(6)39-30-18-19-36(54)31(23-30)32-20-29(22-34(40(32)57)52(64)65)21-33(45(62)63)49-42(59)28(4)48-44(39)61/h18-20,22-23,26-28,33,35,39,52-54,57,64H,7-17,21,24-25H2,1-6H3,(H,46,58)(H,47,60)(H,48,61)(H,49,59)(H,62,63). The highest BCUT2D eigenvalue weighted by molar-refractivity contribution is 5.96. The van der Waals surface area contributed by atoms with Crippen molar-refractivity contribution in [3.8, 4) is 22.6 Å². The lowest BCUT2D eigenvalue weighted by molar-refractivity contribution is -0.991. The molecule has 360 valence electrons. The maximum atomic E-state index is 13.9. The highest BCUT2D eigenvalue weighted by atomic mass is 16.8. The average molecular weight is 914 g/mol. The van der Waals surface area contributed by atoms with Crippen LogP contribution in [0.4, 0.5) is 5.69 Å². The van der Waals surface area contributed by atoms with E-state index in [-0.39, 0.29) is 34.6 Å². The van der Waals surface area contributed by atoms with E-state index in [1.165, 1.54) is 78.2 Å². The molecule has 2 aromatic rings. The summed E-state index contributed by atoms with van der Waals surface area (Å²) < 4.78 is 0. The number of phenolic OH excluding ortho intramolecular Hbond substituents is 2. The quantitative estimate of drug-likeness (QED) is 0.0458. The van der Waals surface area contributed by atoms with Gasteiger partial charge in [0.15, 0.2) is 5.75 Å². The number of rotatable bonds is 22. The van der Waals surface area contributed by atoms with E-state index >= 15 is 0 Å². The molecule has 0 saturated carbocycles. The Morgan fingerprint density at radius 2 is 1.51 bits per heavy atom. The minimum absolute atomic E-state index is 0.0137. The van der Waals surface area contributed by atoms with Crippen LogP contribution in [0.25, 0.3) is 11.1 Å². The van der Waals surface area contributed by atoms with Gasteiger partial charge in [-0.15, -0.1) is 0 Å². The van der Waals surface area contributed by atoms with Gasteiger partial charge in [-0.3, -0.25) is 28.8 Å². The van der Waals surface area contributed by atoms with Gasteiger partial charge in [-0.2, -0.15) is 5.23 Å². The molecule has 0 fully saturated rings. The van der Waals surface area contributed by atoms with Gasteiger partial charge in [0.05, 0.1) is 13.2 Å². The molecule has 0 aliphatic carbocycles. The molecule has 0 aromatic heterocycles. The van der Waals surface area contributed by atoms with Crippen molar-refractivity contribution in [2.24, 2.45) is 5.92 Å². The number of carboxylic acids is 1. The third-order valence-electron chi connectivity index (χ3n) is 11.9. The number of aliphatic hydroxyl groups is 1. The number of aromatic hydroxyl groups is 2. The fourth-order valence-corrected chi connectivity index (χ4v) is 7.49. The van der Waals surface area contributed by atoms with Crippen LogP contribution in [0.2, 0.25) is 0 Å². The lowest BCUT2D eigenvalue weighted by Crippen LogP contribution is -2.99. The summed E-state index contributed by atoms with van der Waals surface area (Å²) in [5, 5.41) is 71.9. The largest absolute Gasteiger partial charge is 0.595 e. The molecule has 1 heterocycles. The molecule has 1 aliphatic heterocycles. The Morgan fingerprint density at radius 3 is 2.11 bits per heavy atom. The Bertz CT molecular complexity index is 2000. The number of carbonyl (C=O) groups is 7. The summed E-state index contributed by atoms with van der Waals surface area (Å²) in [6, 6.07) is -1.24. The van der Waals surface area contributed by atoms with Crippen molar-refractivity contribution in [2.45, 2.75) is 135 Å². The molecule has 7 unspecified atom stereocenters. The number of carbonyl (C=O) groups excluding carboxylic acids is 6. The first kappa shape index (κ1) is 53.5. The SMILES string of the molecule is CCC(C)CCCCCCCCCCC(=O)N(C)C(CO)C(=O)NC(C)C(=O)NCC(=O)N(C)C1C(=O)NC(C)C(=O)NC(C(=O)O)Cc2cc(c(O)c([NH+]([O-])O)c2)-c2cc1ccc2O. The van der Waals surface area contributed by atoms with Gasteiger partial charge in [-0.05, 0) is 55.5 Å². The number of nitrogens with zero attached hydrogens (tertiary/aromatic N) is 2. The van der Waals surface area contributed by atoms with Crippen LogP contribution in [0.3, 0.4) is 0 Å². The minimum atomic E-state index is -1.62. The van der Waals surface area contributed by atoms with Crippen LogP contribution < -0.4 is 26.5 Å². The monoisotopic (exact) mass is 913 g/mol. The molecule has 1 aliphatic rings. The van der Waals surface area contributed by atoms with E-state index in [1.54, 1.807) is 0 Å². The number of carboxylic acid groups (broad SMARTS) is 1. The number of aliphatic carboxylic acids is 1. The predicted molar refractivity (Wildman–Crippen MR) is 237 cm³/mol. The maximum absolute atomic E-state index is 13.9. The van der Waals surface area contributed by atoms with Crippen molar-refractivity contribution < 1.29 is 64.4 Å². The summed E-state index contributed by atoms with van der Waals surface area (Å²) in [6.07, 6.45) is 10.6. The molecule has 4 bridgehead atoms. The van der Waals surface area contributed by atoms with Crippen LogP contribution in [0.1, 0.15) is 115 Å². The van der Waals surface area contributed by atoms with Crippen LogP contribution in [-0.2, 0) is 40.0 Å². The number of likely N-dealkylation sites (N-methyl/N-ethyl adjacent to an activating group) is 2. The predicted octanol–water partition coefficient (Wildman–Crippen LogP) is 1.69. The Labute approximate surface area is 379 Å². The second-order valence-corrected chi connectivity index (χ2v) is 16.9. The molecule has 10 N–H and O–H groups in total. The van der Waals surface area contributed by atoms with Gasteiger partial charge < -0.3 is 56.7 Å². The molecule has 2 aromatic carbocycles. The zero-order valence-electron chi connectivity index (χ0n) is 38.1. The molecular weight excluding hydrogens is 847 g/mol. The van der Waals surface area contributed by atoms with Gasteiger partial charge in [0.25, 0.3) is 0 Å². The van der Waals surface area contributed by atoms with Gasteiger partial charge in [-0.1, -0.05) is 77.7 Å². The number of benzene rings is 2. The first-order valence-corrected chi connectivity index (χ1v) is 22.2. The third kappa shape index (κ3) is 15.4.